The summed E-state index contributed by atoms with van der Waals surface area (Å²) in [6.07, 6.45) is 4.24. The molecule has 0 radical (unpaired) electrons. The predicted molar refractivity (Wildman–Crippen MR) is 70.5 cm³/mol. The van der Waals surface area contributed by atoms with Crippen LogP contribution in [0.3, 0.4) is 0 Å². The molecule has 1 aromatic heterocycles. The molecule has 1 unspecified atom stereocenters. The molecule has 2 N–H and O–H groups in total. The molecule has 0 fully saturated rings. The van der Waals surface area contributed by atoms with Crippen molar-refractivity contribution < 1.29 is 9.90 Å². The molecule has 18 heavy (non-hydrogen) atoms. The number of nitrogens with zero attached hydrogens (tertiary/aromatic N) is 2. The van der Waals surface area contributed by atoms with Crippen LogP contribution in [0.5, 0.6) is 0 Å². The number of aryl methyl sites for hydroxylation is 1. The molecule has 0 aromatic carbocycles. The quantitative estimate of drug-likeness (QED) is 0.840. The first kappa shape index (κ1) is 14.4. The maximum absolute atomic E-state index is 10.9. The molecule has 0 saturated heterocycles. The van der Waals surface area contributed by atoms with Gasteiger partial charge in [0.2, 0.25) is 5.95 Å². The Balaban J connectivity index is 2.71. The van der Waals surface area contributed by atoms with Crippen molar-refractivity contribution in [2.24, 2.45) is 5.41 Å². The molecule has 0 aliphatic carbocycles. The second kappa shape index (κ2) is 5.80. The van der Waals surface area contributed by atoms with Crippen LogP contribution in [0, 0.1) is 12.3 Å². The van der Waals surface area contributed by atoms with Crippen molar-refractivity contribution in [2.45, 2.75) is 46.6 Å². The van der Waals surface area contributed by atoms with E-state index in [0.717, 1.165) is 12.0 Å². The van der Waals surface area contributed by atoms with E-state index in [9.17, 15) is 4.79 Å². The summed E-state index contributed by atoms with van der Waals surface area (Å²) >= 11 is 0. The van der Waals surface area contributed by atoms with Crippen LogP contribution >= 0.6 is 0 Å². The standard InChI is InChI=1S/C13H21N3O2/c1-9-7-14-12(15-8-9)16-10(5-11(17)18)6-13(2,3)4/h7-8,10H,5-6H2,1-4H3,(H,17,18)(H,14,15,16). The molecule has 0 saturated carbocycles. The van der Waals surface area contributed by atoms with Gasteiger partial charge < -0.3 is 10.4 Å². The van der Waals surface area contributed by atoms with Gasteiger partial charge in [0.1, 0.15) is 0 Å². The van der Waals surface area contributed by atoms with Crippen molar-refractivity contribution >= 4 is 11.9 Å². The van der Waals surface area contributed by atoms with E-state index >= 15 is 0 Å². The van der Waals surface area contributed by atoms with Crippen LogP contribution in [-0.4, -0.2) is 27.1 Å². The number of aliphatic carboxylic acids is 1. The number of carboxylic acids is 1. The van der Waals surface area contributed by atoms with Crippen LogP contribution in [-0.2, 0) is 4.79 Å². The monoisotopic (exact) mass is 251 g/mol. The van der Waals surface area contributed by atoms with Gasteiger partial charge in [-0.1, -0.05) is 20.8 Å². The van der Waals surface area contributed by atoms with Crippen LogP contribution in [0.1, 0.15) is 39.2 Å². The molecule has 1 heterocycles. The molecule has 0 aliphatic rings. The Hall–Kier alpha value is -1.65. The largest absolute Gasteiger partial charge is 0.481 e. The summed E-state index contributed by atoms with van der Waals surface area (Å²) in [5.74, 6) is -0.333. The summed E-state index contributed by atoms with van der Waals surface area (Å²) in [5, 5.41) is 12.0. The normalized spacial score (nSPS) is 13.1. The predicted octanol–water partition coefficient (Wildman–Crippen LogP) is 2.48. The maximum Gasteiger partial charge on any atom is 0.305 e. The molecule has 0 bridgehead atoms. The topological polar surface area (TPSA) is 75.1 Å². The van der Waals surface area contributed by atoms with E-state index in [2.05, 4.69) is 36.1 Å². The minimum absolute atomic E-state index is 0.0534. The van der Waals surface area contributed by atoms with E-state index in [1.165, 1.54) is 0 Å². The summed E-state index contributed by atoms with van der Waals surface area (Å²) in [6, 6.07) is -0.162. The van der Waals surface area contributed by atoms with E-state index in [0.29, 0.717) is 5.95 Å². The van der Waals surface area contributed by atoms with E-state index < -0.39 is 5.97 Å². The Morgan fingerprint density at radius 3 is 2.39 bits per heavy atom. The molecule has 0 aliphatic heterocycles. The van der Waals surface area contributed by atoms with Crippen molar-refractivity contribution in [3.05, 3.63) is 18.0 Å². The zero-order valence-electron chi connectivity index (χ0n) is 11.4. The highest BCUT2D eigenvalue weighted by atomic mass is 16.4. The third-order valence-corrected chi connectivity index (χ3v) is 2.39. The van der Waals surface area contributed by atoms with Crippen molar-refractivity contribution in [3.8, 4) is 0 Å². The first-order valence-electron chi connectivity index (χ1n) is 6.03. The van der Waals surface area contributed by atoms with Gasteiger partial charge in [0.05, 0.1) is 6.42 Å². The first-order chi connectivity index (χ1) is 8.26. The molecule has 1 atom stereocenters. The van der Waals surface area contributed by atoms with Gasteiger partial charge in [-0.3, -0.25) is 4.79 Å². The lowest BCUT2D eigenvalue weighted by Crippen LogP contribution is -2.29. The van der Waals surface area contributed by atoms with E-state index in [1.54, 1.807) is 12.4 Å². The Bertz CT molecular complexity index is 396. The average molecular weight is 251 g/mol. The van der Waals surface area contributed by atoms with Crippen LogP contribution in [0.4, 0.5) is 5.95 Å². The second-order valence-electron chi connectivity index (χ2n) is 5.79. The maximum atomic E-state index is 10.9. The van der Waals surface area contributed by atoms with Crippen LogP contribution < -0.4 is 5.32 Å². The highest BCUT2D eigenvalue weighted by Crippen LogP contribution is 2.23. The Morgan fingerprint density at radius 2 is 1.94 bits per heavy atom. The van der Waals surface area contributed by atoms with Gasteiger partial charge in [0.25, 0.3) is 0 Å². The summed E-state index contributed by atoms with van der Waals surface area (Å²) < 4.78 is 0. The number of anilines is 1. The van der Waals surface area contributed by atoms with Crippen molar-refractivity contribution in [2.75, 3.05) is 5.32 Å². The van der Waals surface area contributed by atoms with Gasteiger partial charge in [-0.15, -0.1) is 0 Å². The van der Waals surface area contributed by atoms with Crippen LogP contribution in [0.25, 0.3) is 0 Å². The number of aromatic nitrogens is 2. The van der Waals surface area contributed by atoms with Gasteiger partial charge in [-0.25, -0.2) is 9.97 Å². The number of carboxylic acid groups (broad SMARTS) is 1. The Morgan fingerprint density at radius 1 is 1.39 bits per heavy atom. The molecular weight excluding hydrogens is 230 g/mol. The summed E-state index contributed by atoms with van der Waals surface area (Å²) in [7, 11) is 0. The minimum atomic E-state index is -0.816. The Kier molecular flexibility index (Phi) is 4.64. The smallest absolute Gasteiger partial charge is 0.305 e. The highest BCUT2D eigenvalue weighted by Gasteiger charge is 2.21. The summed E-state index contributed by atoms with van der Waals surface area (Å²) in [4.78, 5) is 19.1. The van der Waals surface area contributed by atoms with Gasteiger partial charge in [-0.05, 0) is 24.3 Å². The Labute approximate surface area is 108 Å². The number of hydrogen-bond acceptors (Lipinski definition) is 4. The lowest BCUT2D eigenvalue weighted by atomic mass is 9.87. The molecular formula is C13H21N3O2. The minimum Gasteiger partial charge on any atom is -0.481 e. The van der Waals surface area contributed by atoms with E-state index in [4.69, 9.17) is 5.11 Å². The van der Waals surface area contributed by atoms with Gasteiger partial charge in [0, 0.05) is 18.4 Å². The number of rotatable bonds is 5. The van der Waals surface area contributed by atoms with Gasteiger partial charge in [0.15, 0.2) is 0 Å². The second-order valence-corrected chi connectivity index (χ2v) is 5.79. The molecule has 1 aromatic rings. The lowest BCUT2D eigenvalue weighted by molar-refractivity contribution is -0.137. The summed E-state index contributed by atoms with van der Waals surface area (Å²) in [6.45, 7) is 8.16. The van der Waals surface area contributed by atoms with E-state index in [-0.39, 0.29) is 17.9 Å². The fourth-order valence-corrected chi connectivity index (χ4v) is 1.77. The highest BCUT2D eigenvalue weighted by molar-refractivity contribution is 5.68. The third kappa shape index (κ3) is 5.61. The van der Waals surface area contributed by atoms with Crippen molar-refractivity contribution in [1.82, 2.24) is 9.97 Å². The van der Waals surface area contributed by atoms with Gasteiger partial charge in [-0.2, -0.15) is 0 Å². The molecule has 5 nitrogen and oxygen atoms in total. The summed E-state index contributed by atoms with van der Waals surface area (Å²) in [5.41, 5.74) is 1.03. The molecule has 0 amide bonds. The lowest BCUT2D eigenvalue weighted by Gasteiger charge is -2.25. The van der Waals surface area contributed by atoms with Crippen LogP contribution in [0.15, 0.2) is 12.4 Å². The van der Waals surface area contributed by atoms with Crippen LogP contribution in [0.2, 0.25) is 0 Å². The fraction of sp³-hybridized carbons (Fsp3) is 0.615. The first-order valence-corrected chi connectivity index (χ1v) is 6.03. The van der Waals surface area contributed by atoms with Gasteiger partial charge >= 0.3 is 5.97 Å². The van der Waals surface area contributed by atoms with Crippen molar-refractivity contribution in [1.29, 1.82) is 0 Å². The van der Waals surface area contributed by atoms with Crippen molar-refractivity contribution in [3.63, 3.8) is 0 Å². The molecule has 0 spiro atoms. The number of hydrogen-bond donors (Lipinski definition) is 2. The average Bonchev–Trinajstić information content (AvgIpc) is 2.18. The van der Waals surface area contributed by atoms with E-state index in [1.807, 2.05) is 6.92 Å². The molecule has 5 heteroatoms. The SMILES string of the molecule is Cc1cnc(NC(CC(=O)O)CC(C)(C)C)nc1. The number of carbonyl (C=O) groups is 1. The third-order valence-electron chi connectivity index (χ3n) is 2.39. The number of nitrogens with one attached hydrogen (secondary N) is 1. The zero-order chi connectivity index (χ0) is 13.8. The zero-order valence-corrected chi connectivity index (χ0v) is 11.4. The fourth-order valence-electron chi connectivity index (χ4n) is 1.77. The molecule has 100 valence electrons. The molecule has 1 rings (SSSR count).